The minimum atomic E-state index is -0.0913. The lowest BCUT2D eigenvalue weighted by molar-refractivity contribution is 0.600. The molecule has 14 rings (SSSR count). The Balaban J connectivity index is 0.000000804. The Labute approximate surface area is 471 Å². The van der Waals surface area contributed by atoms with Crippen LogP contribution in [0.5, 0.6) is 0 Å². The van der Waals surface area contributed by atoms with Gasteiger partial charge in [-0.25, -0.2) is 9.97 Å². The molecule has 2 heterocycles. The van der Waals surface area contributed by atoms with Crippen LogP contribution in [0.25, 0.3) is 106 Å². The summed E-state index contributed by atoms with van der Waals surface area (Å²) in [6.45, 7) is 13.6. The third kappa shape index (κ3) is 9.07. The molecule has 0 N–H and O–H groups in total. The summed E-state index contributed by atoms with van der Waals surface area (Å²) < 4.78 is 2.45. The molecule has 3 aliphatic rings. The monoisotopic (exact) mass is 1030 g/mol. The van der Waals surface area contributed by atoms with Crippen LogP contribution in [-0.2, 0) is 10.8 Å². The van der Waals surface area contributed by atoms with Gasteiger partial charge in [0.2, 0.25) is 0 Å². The number of allylic oxidation sites excluding steroid dienone is 8. The van der Waals surface area contributed by atoms with E-state index in [0.717, 1.165) is 51.2 Å². The molecule has 0 saturated carbocycles. The number of nitrogens with zero attached hydrogens (tertiary/aromatic N) is 3. The summed E-state index contributed by atoms with van der Waals surface area (Å²) in [5, 5.41) is 2.46. The molecule has 0 radical (unpaired) electrons. The van der Waals surface area contributed by atoms with Crippen LogP contribution < -0.4 is 0 Å². The van der Waals surface area contributed by atoms with E-state index in [9.17, 15) is 0 Å². The van der Waals surface area contributed by atoms with E-state index in [1.807, 2.05) is 6.07 Å². The molecule has 0 saturated heterocycles. The van der Waals surface area contributed by atoms with Crippen LogP contribution in [0.1, 0.15) is 74.8 Å². The van der Waals surface area contributed by atoms with Gasteiger partial charge in [0.1, 0.15) is 0 Å². The van der Waals surface area contributed by atoms with Gasteiger partial charge in [0.25, 0.3) is 0 Å². The molecule has 80 heavy (non-hydrogen) atoms. The normalized spacial score (nSPS) is 15.8. The topological polar surface area (TPSA) is 30.7 Å². The van der Waals surface area contributed by atoms with Gasteiger partial charge in [-0.3, -0.25) is 0 Å². The van der Waals surface area contributed by atoms with Gasteiger partial charge in [0.05, 0.1) is 22.4 Å². The Morgan fingerprint density at radius 2 is 1.10 bits per heavy atom. The fraction of sp³-hybridized carbons (Fsp3) is 0.143. The van der Waals surface area contributed by atoms with E-state index >= 15 is 0 Å². The molecule has 2 aromatic heterocycles. The Bertz CT molecular complexity index is 4310. The van der Waals surface area contributed by atoms with Crippen LogP contribution in [0.15, 0.2) is 254 Å². The zero-order chi connectivity index (χ0) is 54.5. The first-order valence-electron chi connectivity index (χ1n) is 28.3. The second-order valence-electron chi connectivity index (χ2n) is 22.8. The van der Waals surface area contributed by atoms with Crippen molar-refractivity contribution in [1.29, 1.82) is 0 Å². The highest BCUT2D eigenvalue weighted by Gasteiger charge is 2.35. The summed E-state index contributed by atoms with van der Waals surface area (Å²) in [7, 11) is 0. The SMILES string of the molecule is CC1=CCCC=C1.Cc1ccccc1-c1cc(-c2ccc3c(c2-c2ccc4c(c2)-c2ccccc2C4(C)C)c2ccccc2n3-c2ccc(-c3cc(-c4ccc(C5(C)C=CC=CC5)cc4)nc(-c4ccccc4)n3)cc2)ccc1C. The van der Waals surface area contributed by atoms with E-state index in [4.69, 9.17) is 9.97 Å². The molecule has 0 amide bonds. The predicted molar refractivity (Wildman–Crippen MR) is 338 cm³/mol. The molecule has 388 valence electrons. The van der Waals surface area contributed by atoms with Crippen molar-refractivity contribution < 1.29 is 0 Å². The fourth-order valence-electron chi connectivity index (χ4n) is 12.7. The third-order valence-corrected chi connectivity index (χ3v) is 17.1. The summed E-state index contributed by atoms with van der Waals surface area (Å²) in [6.07, 6.45) is 19.0. The van der Waals surface area contributed by atoms with Gasteiger partial charge in [-0.1, -0.05) is 233 Å². The van der Waals surface area contributed by atoms with Gasteiger partial charge in [0, 0.05) is 44.0 Å². The van der Waals surface area contributed by atoms with Crippen molar-refractivity contribution in [3.05, 3.63) is 282 Å². The van der Waals surface area contributed by atoms with Crippen LogP contribution in [0.4, 0.5) is 0 Å². The summed E-state index contributed by atoms with van der Waals surface area (Å²) >= 11 is 0. The lowest BCUT2D eigenvalue weighted by Gasteiger charge is -2.27. The summed E-state index contributed by atoms with van der Waals surface area (Å²) in [4.78, 5) is 10.4. The molecular formula is C77H65N3. The molecule has 9 aromatic carbocycles. The standard InChI is InChI=1S/C70H55N3.C7H10/c1-45-18-10-11-21-54(45)58-42-50(27-26-46(58)2)55-37-39-65-67(66(55)51-32-38-61-59(43-51)56-22-12-14-24-60(56)69(61,3)4)57-23-13-15-25-64(57)73(65)53-35-30-48(31-36-53)63-44-62(71-68(72-63)49-19-8-6-9-20-49)47-28-33-52(34-29-47)70(5)40-16-7-17-41-70;1-7-5-3-2-4-6-7/h6-40,42-44H,41H2,1-5H3;3,5-6H,2,4H2,1H3. The van der Waals surface area contributed by atoms with E-state index in [1.165, 1.54) is 102 Å². The van der Waals surface area contributed by atoms with Crippen LogP contribution in [0.3, 0.4) is 0 Å². The number of rotatable bonds is 8. The Morgan fingerprint density at radius 1 is 0.450 bits per heavy atom. The molecule has 1 unspecified atom stereocenters. The number of aromatic nitrogens is 3. The van der Waals surface area contributed by atoms with Crippen molar-refractivity contribution in [1.82, 2.24) is 14.5 Å². The van der Waals surface area contributed by atoms with E-state index < -0.39 is 0 Å². The molecule has 3 heteroatoms. The highest BCUT2D eigenvalue weighted by atomic mass is 15.0. The number of hydrogen-bond donors (Lipinski definition) is 0. The van der Waals surface area contributed by atoms with Gasteiger partial charge in [0.15, 0.2) is 5.82 Å². The van der Waals surface area contributed by atoms with Gasteiger partial charge in [-0.05, 0) is 155 Å². The first-order valence-corrected chi connectivity index (χ1v) is 28.3. The molecule has 0 spiro atoms. The smallest absolute Gasteiger partial charge is 0.160 e. The molecule has 11 aromatic rings. The predicted octanol–water partition coefficient (Wildman–Crippen LogP) is 20.6. The van der Waals surface area contributed by atoms with Crippen LogP contribution in [-0.4, -0.2) is 14.5 Å². The van der Waals surface area contributed by atoms with E-state index in [-0.39, 0.29) is 10.8 Å². The van der Waals surface area contributed by atoms with Crippen molar-refractivity contribution in [3.8, 4) is 84.1 Å². The highest BCUT2D eigenvalue weighted by molar-refractivity contribution is 6.19. The van der Waals surface area contributed by atoms with Crippen molar-refractivity contribution in [2.45, 2.75) is 71.6 Å². The number of aryl methyl sites for hydroxylation is 2. The molecule has 0 fully saturated rings. The summed E-state index contributed by atoms with van der Waals surface area (Å²) in [5.41, 5.74) is 26.2. The third-order valence-electron chi connectivity index (χ3n) is 17.1. The minimum Gasteiger partial charge on any atom is -0.309 e. The van der Waals surface area contributed by atoms with E-state index in [0.29, 0.717) is 5.82 Å². The lowest BCUT2D eigenvalue weighted by Crippen LogP contribution is -2.19. The maximum absolute atomic E-state index is 5.23. The van der Waals surface area contributed by atoms with Crippen LogP contribution in [0, 0.1) is 13.8 Å². The maximum Gasteiger partial charge on any atom is 0.160 e. The molecule has 0 bridgehead atoms. The molecule has 3 aliphatic carbocycles. The van der Waals surface area contributed by atoms with E-state index in [2.05, 4.69) is 289 Å². The second-order valence-corrected chi connectivity index (χ2v) is 22.8. The Hall–Kier alpha value is -9.18. The number of para-hydroxylation sites is 1. The number of fused-ring (bicyclic) bond motifs is 6. The van der Waals surface area contributed by atoms with Gasteiger partial charge in [-0.2, -0.15) is 0 Å². The first-order chi connectivity index (χ1) is 39.0. The average Bonchev–Trinajstić information content (AvgIpc) is 4.02. The van der Waals surface area contributed by atoms with Crippen LogP contribution >= 0.6 is 0 Å². The van der Waals surface area contributed by atoms with Crippen molar-refractivity contribution in [2.24, 2.45) is 0 Å². The van der Waals surface area contributed by atoms with Crippen LogP contribution in [0.2, 0.25) is 0 Å². The van der Waals surface area contributed by atoms with Gasteiger partial charge in [-0.15, -0.1) is 0 Å². The largest absolute Gasteiger partial charge is 0.309 e. The zero-order valence-corrected chi connectivity index (χ0v) is 46.6. The average molecular weight is 1030 g/mol. The van der Waals surface area contributed by atoms with Crippen molar-refractivity contribution >= 4 is 21.8 Å². The maximum atomic E-state index is 5.23. The minimum absolute atomic E-state index is 0.0276. The Morgan fingerprint density at radius 3 is 1.81 bits per heavy atom. The van der Waals surface area contributed by atoms with Gasteiger partial charge < -0.3 is 4.57 Å². The van der Waals surface area contributed by atoms with Gasteiger partial charge >= 0.3 is 0 Å². The molecule has 1 atom stereocenters. The summed E-state index contributed by atoms with van der Waals surface area (Å²) in [6, 6.07) is 75.9. The molecular weight excluding hydrogens is 967 g/mol. The number of hydrogen-bond acceptors (Lipinski definition) is 2. The highest BCUT2D eigenvalue weighted by Crippen LogP contribution is 2.52. The summed E-state index contributed by atoms with van der Waals surface area (Å²) in [5.74, 6) is 0.706. The Kier molecular flexibility index (Phi) is 12.9. The zero-order valence-electron chi connectivity index (χ0n) is 46.6. The molecule has 3 nitrogen and oxygen atoms in total. The second kappa shape index (κ2) is 20.6. The molecule has 0 aliphatic heterocycles. The fourth-order valence-corrected chi connectivity index (χ4v) is 12.7. The quantitative estimate of drug-likeness (QED) is 0.152. The lowest BCUT2D eigenvalue weighted by atomic mass is 9.77. The van der Waals surface area contributed by atoms with Crippen molar-refractivity contribution in [2.75, 3.05) is 0 Å². The van der Waals surface area contributed by atoms with E-state index in [1.54, 1.807) is 0 Å². The van der Waals surface area contributed by atoms with Crippen molar-refractivity contribution in [3.63, 3.8) is 0 Å². The first kappa shape index (κ1) is 50.3. The number of benzene rings is 9.